The van der Waals surface area contributed by atoms with Crippen LogP contribution in [0.5, 0.6) is 5.75 Å². The summed E-state index contributed by atoms with van der Waals surface area (Å²) in [6, 6.07) is 10.6. The molecule has 0 radical (unpaired) electrons. The fourth-order valence-corrected chi connectivity index (χ4v) is 2.01. The lowest BCUT2D eigenvalue weighted by Crippen LogP contribution is -2.26. The van der Waals surface area contributed by atoms with E-state index >= 15 is 0 Å². The number of amides is 1. The molecule has 4 nitrogen and oxygen atoms in total. The largest absolute Gasteiger partial charge is 0.495 e. The molecule has 0 spiro atoms. The third kappa shape index (κ3) is 3.51. The number of halogens is 1. The first-order valence-electron chi connectivity index (χ1n) is 6.51. The van der Waals surface area contributed by atoms with Crippen LogP contribution in [-0.2, 0) is 0 Å². The molecule has 2 aromatic carbocycles. The summed E-state index contributed by atoms with van der Waals surface area (Å²) in [5.74, 6) is -0.0897. The van der Waals surface area contributed by atoms with Gasteiger partial charge in [0.2, 0.25) is 0 Å². The number of nitrogens with two attached hydrogens (primary N) is 1. The fourth-order valence-electron chi connectivity index (χ4n) is 2.01. The lowest BCUT2D eigenvalue weighted by Gasteiger charge is -2.15. The quantitative estimate of drug-likeness (QED) is 0.850. The van der Waals surface area contributed by atoms with E-state index in [-0.39, 0.29) is 17.8 Å². The average Bonchev–Trinajstić information content (AvgIpc) is 2.47. The van der Waals surface area contributed by atoms with Crippen molar-refractivity contribution >= 4 is 11.6 Å². The van der Waals surface area contributed by atoms with Gasteiger partial charge in [-0.25, -0.2) is 4.39 Å². The number of methoxy groups -OCH3 is 1. The third-order valence-corrected chi connectivity index (χ3v) is 3.19. The topological polar surface area (TPSA) is 64.3 Å². The van der Waals surface area contributed by atoms with Crippen molar-refractivity contribution in [1.82, 2.24) is 5.32 Å². The maximum absolute atomic E-state index is 13.2. The highest BCUT2D eigenvalue weighted by molar-refractivity contribution is 5.95. The van der Waals surface area contributed by atoms with Crippen molar-refractivity contribution in [2.75, 3.05) is 12.8 Å². The minimum atomic E-state index is -0.331. The van der Waals surface area contributed by atoms with Crippen molar-refractivity contribution in [1.29, 1.82) is 0 Å². The normalized spacial score (nSPS) is 11.8. The Morgan fingerprint density at radius 1 is 1.29 bits per heavy atom. The Morgan fingerprint density at radius 2 is 2.05 bits per heavy atom. The second-order valence-corrected chi connectivity index (χ2v) is 4.71. The Kier molecular flexibility index (Phi) is 4.42. The first-order chi connectivity index (χ1) is 10.0. The van der Waals surface area contributed by atoms with E-state index in [9.17, 15) is 9.18 Å². The lowest BCUT2D eigenvalue weighted by molar-refractivity contribution is 0.0940. The van der Waals surface area contributed by atoms with Gasteiger partial charge in [0.15, 0.2) is 0 Å². The summed E-state index contributed by atoms with van der Waals surface area (Å²) in [7, 11) is 1.51. The highest BCUT2D eigenvalue weighted by Crippen LogP contribution is 2.22. The summed E-state index contributed by atoms with van der Waals surface area (Å²) < 4.78 is 18.2. The molecule has 0 fully saturated rings. The molecule has 1 unspecified atom stereocenters. The second kappa shape index (κ2) is 6.26. The molecule has 0 aliphatic rings. The van der Waals surface area contributed by atoms with Crippen molar-refractivity contribution in [3.8, 4) is 5.75 Å². The second-order valence-electron chi connectivity index (χ2n) is 4.71. The molecule has 1 amide bonds. The highest BCUT2D eigenvalue weighted by atomic mass is 19.1. The van der Waals surface area contributed by atoms with Crippen molar-refractivity contribution in [3.63, 3.8) is 0 Å². The number of carbonyl (C=O) groups excluding carboxylic acids is 1. The van der Waals surface area contributed by atoms with E-state index in [1.165, 1.54) is 19.2 Å². The van der Waals surface area contributed by atoms with Gasteiger partial charge in [-0.1, -0.05) is 12.1 Å². The van der Waals surface area contributed by atoms with Gasteiger partial charge >= 0.3 is 0 Å². The molecule has 0 aromatic heterocycles. The predicted molar refractivity (Wildman–Crippen MR) is 79.7 cm³/mol. The van der Waals surface area contributed by atoms with Crippen LogP contribution in [0.3, 0.4) is 0 Å². The van der Waals surface area contributed by atoms with Gasteiger partial charge in [-0.05, 0) is 42.8 Å². The molecule has 110 valence electrons. The van der Waals surface area contributed by atoms with Crippen molar-refractivity contribution < 1.29 is 13.9 Å². The van der Waals surface area contributed by atoms with Crippen LogP contribution in [0, 0.1) is 5.82 Å². The molecule has 21 heavy (non-hydrogen) atoms. The molecule has 1 atom stereocenters. The average molecular weight is 288 g/mol. The molecule has 3 N–H and O–H groups in total. The van der Waals surface area contributed by atoms with Crippen LogP contribution in [-0.4, -0.2) is 13.0 Å². The smallest absolute Gasteiger partial charge is 0.251 e. The fraction of sp³-hybridized carbons (Fsp3) is 0.188. The number of nitrogen functional groups attached to an aromatic ring is 1. The Bertz CT molecular complexity index is 658. The molecule has 0 bridgehead atoms. The summed E-state index contributed by atoms with van der Waals surface area (Å²) in [4.78, 5) is 12.2. The van der Waals surface area contributed by atoms with Gasteiger partial charge in [-0.15, -0.1) is 0 Å². The van der Waals surface area contributed by atoms with E-state index in [1.54, 1.807) is 37.3 Å². The Labute approximate surface area is 122 Å². The Hall–Kier alpha value is -2.56. The standard InChI is InChI=1S/C16H17FN2O2/c1-10(11-4-3-5-13(17)8-11)19-16(20)12-6-7-15(21-2)14(18)9-12/h3-10H,18H2,1-2H3,(H,19,20). The van der Waals surface area contributed by atoms with E-state index in [2.05, 4.69) is 5.32 Å². The van der Waals surface area contributed by atoms with Crippen molar-refractivity contribution in [2.45, 2.75) is 13.0 Å². The Morgan fingerprint density at radius 3 is 2.67 bits per heavy atom. The monoisotopic (exact) mass is 288 g/mol. The SMILES string of the molecule is COc1ccc(C(=O)NC(C)c2cccc(F)c2)cc1N. The van der Waals surface area contributed by atoms with Crippen LogP contribution in [0.25, 0.3) is 0 Å². The number of hydrogen-bond acceptors (Lipinski definition) is 3. The van der Waals surface area contributed by atoms with Crippen LogP contribution in [0.4, 0.5) is 10.1 Å². The Balaban J connectivity index is 2.12. The zero-order valence-electron chi connectivity index (χ0n) is 11.9. The zero-order valence-corrected chi connectivity index (χ0v) is 11.9. The van der Waals surface area contributed by atoms with E-state index in [0.717, 1.165) is 0 Å². The van der Waals surface area contributed by atoms with Gasteiger partial charge in [-0.2, -0.15) is 0 Å². The van der Waals surface area contributed by atoms with E-state index in [0.29, 0.717) is 22.6 Å². The van der Waals surface area contributed by atoms with Gasteiger partial charge in [0.25, 0.3) is 5.91 Å². The van der Waals surface area contributed by atoms with Crippen LogP contribution in [0.1, 0.15) is 28.9 Å². The number of carbonyl (C=O) groups is 1. The van der Waals surface area contributed by atoms with Crippen LogP contribution in [0.2, 0.25) is 0 Å². The lowest BCUT2D eigenvalue weighted by atomic mass is 10.1. The zero-order chi connectivity index (χ0) is 15.4. The molecule has 0 saturated heterocycles. The van der Waals surface area contributed by atoms with Gasteiger partial charge in [0, 0.05) is 5.56 Å². The molecule has 0 aliphatic heterocycles. The summed E-state index contributed by atoms with van der Waals surface area (Å²) in [6.07, 6.45) is 0. The molecule has 5 heteroatoms. The van der Waals surface area contributed by atoms with Crippen LogP contribution < -0.4 is 15.8 Å². The molecule has 0 aliphatic carbocycles. The van der Waals surface area contributed by atoms with Gasteiger partial charge in [0.1, 0.15) is 11.6 Å². The minimum Gasteiger partial charge on any atom is -0.495 e. The molecule has 2 aromatic rings. The summed E-state index contributed by atoms with van der Waals surface area (Å²) in [5, 5.41) is 2.80. The molecule has 0 saturated carbocycles. The summed E-state index contributed by atoms with van der Waals surface area (Å²) in [6.45, 7) is 1.79. The van der Waals surface area contributed by atoms with Crippen LogP contribution >= 0.6 is 0 Å². The van der Waals surface area contributed by atoms with E-state index < -0.39 is 0 Å². The van der Waals surface area contributed by atoms with Gasteiger partial charge in [-0.3, -0.25) is 4.79 Å². The van der Waals surface area contributed by atoms with Gasteiger partial charge < -0.3 is 15.8 Å². The maximum atomic E-state index is 13.2. The number of rotatable bonds is 4. The van der Waals surface area contributed by atoms with Crippen LogP contribution in [0.15, 0.2) is 42.5 Å². The number of ether oxygens (including phenoxy) is 1. The molecule has 0 heterocycles. The summed E-state index contributed by atoms with van der Waals surface area (Å²) >= 11 is 0. The number of hydrogen-bond donors (Lipinski definition) is 2. The van der Waals surface area contributed by atoms with Crippen molar-refractivity contribution in [3.05, 3.63) is 59.4 Å². The maximum Gasteiger partial charge on any atom is 0.251 e. The molecule has 2 rings (SSSR count). The molecular formula is C16H17FN2O2. The first kappa shape index (κ1) is 14.8. The highest BCUT2D eigenvalue weighted by Gasteiger charge is 2.13. The number of nitrogens with one attached hydrogen (secondary N) is 1. The van der Waals surface area contributed by atoms with E-state index in [1.807, 2.05) is 0 Å². The first-order valence-corrected chi connectivity index (χ1v) is 6.51. The third-order valence-electron chi connectivity index (χ3n) is 3.19. The number of anilines is 1. The molecular weight excluding hydrogens is 271 g/mol. The van der Waals surface area contributed by atoms with E-state index in [4.69, 9.17) is 10.5 Å². The predicted octanol–water partition coefficient (Wildman–Crippen LogP) is 2.91. The van der Waals surface area contributed by atoms with Gasteiger partial charge in [0.05, 0.1) is 18.8 Å². The van der Waals surface area contributed by atoms with Crippen molar-refractivity contribution in [2.24, 2.45) is 0 Å². The minimum absolute atomic E-state index is 0.277. The summed E-state index contributed by atoms with van der Waals surface area (Å²) in [5.41, 5.74) is 7.30. The number of benzene rings is 2.